The SMILES string of the molecule is C=C1SC(SCSC#N)=NC1(CC)CC. The molecule has 15 heavy (non-hydrogen) atoms. The van der Waals surface area contributed by atoms with Gasteiger partial charge in [-0.15, -0.1) is 0 Å². The van der Waals surface area contributed by atoms with Crippen LogP contribution in [0.4, 0.5) is 0 Å². The number of aliphatic imine (C=N–C) groups is 1. The Kier molecular flexibility index (Phi) is 5.10. The van der Waals surface area contributed by atoms with E-state index in [1.165, 1.54) is 11.8 Å². The van der Waals surface area contributed by atoms with E-state index in [0.29, 0.717) is 0 Å². The maximum absolute atomic E-state index is 8.42. The number of nitrogens with zero attached hydrogens (tertiary/aromatic N) is 2. The molecule has 0 amide bonds. The van der Waals surface area contributed by atoms with Crippen LogP contribution in [0.1, 0.15) is 26.7 Å². The number of hydrogen-bond donors (Lipinski definition) is 0. The van der Waals surface area contributed by atoms with Gasteiger partial charge in [-0.3, -0.25) is 4.99 Å². The highest BCUT2D eigenvalue weighted by molar-refractivity contribution is 8.43. The lowest BCUT2D eigenvalue weighted by Gasteiger charge is -2.22. The molecule has 1 aliphatic rings. The molecular weight excluding hydrogens is 244 g/mol. The first kappa shape index (κ1) is 13.0. The van der Waals surface area contributed by atoms with Crippen LogP contribution >= 0.6 is 35.3 Å². The molecule has 0 saturated carbocycles. The predicted octanol–water partition coefficient (Wildman–Crippen LogP) is 4.07. The molecule has 0 atom stereocenters. The summed E-state index contributed by atoms with van der Waals surface area (Å²) in [5.74, 6) is 0. The van der Waals surface area contributed by atoms with Crippen LogP contribution in [0.25, 0.3) is 0 Å². The molecule has 0 radical (unpaired) electrons. The summed E-state index contributed by atoms with van der Waals surface area (Å²) in [6, 6.07) is 0. The lowest BCUT2D eigenvalue weighted by atomic mass is 9.94. The van der Waals surface area contributed by atoms with Gasteiger partial charge in [-0.2, -0.15) is 5.26 Å². The summed E-state index contributed by atoms with van der Waals surface area (Å²) in [5, 5.41) is 11.2. The number of nitriles is 1. The van der Waals surface area contributed by atoms with Gasteiger partial charge in [0.2, 0.25) is 0 Å². The zero-order valence-corrected chi connectivity index (χ0v) is 11.4. The van der Waals surface area contributed by atoms with E-state index in [1.54, 1.807) is 23.5 Å². The molecule has 0 fully saturated rings. The molecule has 0 aromatic heterocycles. The topological polar surface area (TPSA) is 36.1 Å². The van der Waals surface area contributed by atoms with E-state index in [-0.39, 0.29) is 5.54 Å². The second-order valence-electron chi connectivity index (χ2n) is 3.14. The zero-order valence-electron chi connectivity index (χ0n) is 8.95. The van der Waals surface area contributed by atoms with Crippen LogP contribution in [0, 0.1) is 10.7 Å². The third-order valence-corrected chi connectivity index (χ3v) is 5.42. The summed E-state index contributed by atoms with van der Waals surface area (Å²) in [4.78, 5) is 5.88. The van der Waals surface area contributed by atoms with Crippen molar-refractivity contribution in [2.24, 2.45) is 4.99 Å². The molecule has 1 heterocycles. The van der Waals surface area contributed by atoms with Crippen molar-refractivity contribution in [3.63, 3.8) is 0 Å². The molecule has 0 saturated heterocycles. The van der Waals surface area contributed by atoms with Gasteiger partial charge in [0.15, 0.2) is 0 Å². The van der Waals surface area contributed by atoms with Gasteiger partial charge < -0.3 is 0 Å². The molecule has 0 aromatic carbocycles. The maximum Gasteiger partial charge on any atom is 0.134 e. The Morgan fingerprint density at radius 2 is 2.20 bits per heavy atom. The van der Waals surface area contributed by atoms with Crippen molar-refractivity contribution in [3.05, 3.63) is 11.5 Å². The monoisotopic (exact) mass is 258 g/mol. The average molecular weight is 258 g/mol. The van der Waals surface area contributed by atoms with Crippen LogP contribution in [-0.2, 0) is 0 Å². The Bertz CT molecular complexity index is 313. The first-order valence-corrected chi connectivity index (χ1v) is 7.58. The van der Waals surface area contributed by atoms with Crippen molar-refractivity contribution < 1.29 is 0 Å². The molecule has 1 aliphatic heterocycles. The summed E-state index contributed by atoms with van der Waals surface area (Å²) in [5.41, 5.74) is -0.0513. The third-order valence-electron chi connectivity index (χ3n) is 2.51. The molecule has 5 heteroatoms. The third kappa shape index (κ3) is 2.96. The van der Waals surface area contributed by atoms with Gasteiger partial charge in [-0.05, 0) is 24.6 Å². The smallest absolute Gasteiger partial charge is 0.134 e. The first-order chi connectivity index (χ1) is 7.18. The Hall–Kier alpha value is -0.0500. The van der Waals surface area contributed by atoms with E-state index in [4.69, 9.17) is 10.3 Å². The summed E-state index contributed by atoms with van der Waals surface area (Å²) < 4.78 is 1.06. The van der Waals surface area contributed by atoms with Gasteiger partial charge in [0.05, 0.1) is 10.6 Å². The summed E-state index contributed by atoms with van der Waals surface area (Å²) in [6.07, 6.45) is 2.01. The zero-order chi connectivity index (χ0) is 11.3. The van der Waals surface area contributed by atoms with Crippen LogP contribution in [0.15, 0.2) is 16.5 Å². The number of thioether (sulfide) groups is 3. The number of rotatable bonds is 4. The van der Waals surface area contributed by atoms with E-state index in [0.717, 1.165) is 27.2 Å². The Labute approximate surface area is 104 Å². The molecule has 0 aliphatic carbocycles. The lowest BCUT2D eigenvalue weighted by molar-refractivity contribution is 0.496. The molecule has 0 unspecified atom stereocenters. The predicted molar refractivity (Wildman–Crippen MR) is 73.1 cm³/mol. The minimum Gasteiger partial charge on any atom is -0.259 e. The Morgan fingerprint density at radius 1 is 1.53 bits per heavy atom. The van der Waals surface area contributed by atoms with E-state index >= 15 is 0 Å². The van der Waals surface area contributed by atoms with E-state index in [1.807, 2.05) is 0 Å². The Morgan fingerprint density at radius 3 is 2.67 bits per heavy atom. The van der Waals surface area contributed by atoms with Gasteiger partial charge in [-0.25, -0.2) is 0 Å². The van der Waals surface area contributed by atoms with E-state index in [2.05, 4.69) is 25.8 Å². The highest BCUT2D eigenvalue weighted by atomic mass is 32.2. The van der Waals surface area contributed by atoms with Crippen LogP contribution in [-0.4, -0.2) is 15.0 Å². The van der Waals surface area contributed by atoms with Crippen molar-refractivity contribution in [2.45, 2.75) is 32.2 Å². The van der Waals surface area contributed by atoms with Gasteiger partial charge >= 0.3 is 0 Å². The van der Waals surface area contributed by atoms with Crippen LogP contribution in [0.2, 0.25) is 0 Å². The van der Waals surface area contributed by atoms with Crippen molar-refractivity contribution in [3.8, 4) is 5.40 Å². The van der Waals surface area contributed by atoms with Crippen LogP contribution < -0.4 is 0 Å². The largest absolute Gasteiger partial charge is 0.259 e. The standard InChI is InChI=1S/C10H14N2S3/c1-4-10(5-2)8(3)15-9(12-10)14-7-13-6-11/h3-5,7H2,1-2H3. The van der Waals surface area contributed by atoms with Crippen molar-refractivity contribution in [2.75, 3.05) is 5.08 Å². The van der Waals surface area contributed by atoms with Gasteiger partial charge in [0.25, 0.3) is 0 Å². The fraction of sp³-hybridized carbons (Fsp3) is 0.600. The highest BCUT2D eigenvalue weighted by Gasteiger charge is 2.35. The summed E-state index contributed by atoms with van der Waals surface area (Å²) in [7, 11) is 0. The number of hydrogen-bond acceptors (Lipinski definition) is 5. The molecule has 2 nitrogen and oxygen atoms in total. The second-order valence-corrected chi connectivity index (χ2v) is 6.57. The molecule has 0 spiro atoms. The van der Waals surface area contributed by atoms with Crippen LogP contribution in [0.3, 0.4) is 0 Å². The maximum atomic E-state index is 8.42. The molecule has 0 bridgehead atoms. The molecule has 82 valence electrons. The van der Waals surface area contributed by atoms with Crippen molar-refractivity contribution in [1.82, 2.24) is 0 Å². The highest BCUT2D eigenvalue weighted by Crippen LogP contribution is 2.45. The summed E-state index contributed by atoms with van der Waals surface area (Å²) in [6.45, 7) is 8.39. The molecular formula is C10H14N2S3. The van der Waals surface area contributed by atoms with Gasteiger partial charge in [0.1, 0.15) is 9.78 Å². The minimum absolute atomic E-state index is 0.0513. The van der Waals surface area contributed by atoms with Gasteiger partial charge in [0, 0.05) is 4.91 Å². The average Bonchev–Trinajstić information content (AvgIpc) is 2.56. The molecule has 1 rings (SSSR count). The Balaban J connectivity index is 2.63. The van der Waals surface area contributed by atoms with E-state index < -0.39 is 0 Å². The molecule has 0 aromatic rings. The fourth-order valence-corrected chi connectivity index (χ4v) is 4.45. The molecule has 0 N–H and O–H groups in total. The quantitative estimate of drug-likeness (QED) is 0.433. The second kappa shape index (κ2) is 5.88. The minimum atomic E-state index is -0.0513. The number of thiocyanates is 1. The first-order valence-electron chi connectivity index (χ1n) is 4.79. The normalized spacial score (nSPS) is 18.7. The van der Waals surface area contributed by atoms with Crippen molar-refractivity contribution in [1.29, 1.82) is 5.26 Å². The van der Waals surface area contributed by atoms with E-state index in [9.17, 15) is 0 Å². The lowest BCUT2D eigenvalue weighted by Crippen LogP contribution is -2.22. The fourth-order valence-electron chi connectivity index (χ4n) is 1.43. The summed E-state index contributed by atoms with van der Waals surface area (Å²) >= 11 is 4.56. The van der Waals surface area contributed by atoms with Crippen molar-refractivity contribution >= 4 is 39.7 Å². The van der Waals surface area contributed by atoms with Gasteiger partial charge in [-0.1, -0.05) is 44.0 Å². The van der Waals surface area contributed by atoms with Crippen LogP contribution in [0.5, 0.6) is 0 Å².